The number of rotatable bonds is 6. The maximum Gasteiger partial charge on any atom is 0.227 e. The van der Waals surface area contributed by atoms with Gasteiger partial charge in [-0.2, -0.15) is 0 Å². The predicted octanol–water partition coefficient (Wildman–Crippen LogP) is 1.04. The van der Waals surface area contributed by atoms with Crippen LogP contribution in [0.1, 0.15) is 29.3 Å². The van der Waals surface area contributed by atoms with Gasteiger partial charge in [0.2, 0.25) is 11.8 Å². The van der Waals surface area contributed by atoms with Crippen molar-refractivity contribution in [3.8, 4) is 11.5 Å². The second-order valence-electron chi connectivity index (χ2n) is 6.04. The van der Waals surface area contributed by atoms with Crippen molar-refractivity contribution in [3.63, 3.8) is 0 Å². The summed E-state index contributed by atoms with van der Waals surface area (Å²) in [5.74, 6) is 0.441. The Bertz CT molecular complexity index is 686. The van der Waals surface area contributed by atoms with Crippen molar-refractivity contribution in [3.05, 3.63) is 23.3 Å². The molecule has 0 saturated carbocycles. The van der Waals surface area contributed by atoms with E-state index in [0.29, 0.717) is 42.1 Å². The molecular weight excluding hydrogens is 324 g/mol. The molecule has 1 aromatic carbocycles. The quantitative estimate of drug-likeness (QED) is 0.777. The number of ketones is 1. The monoisotopic (exact) mass is 348 g/mol. The molecule has 136 valence electrons. The van der Waals surface area contributed by atoms with Crippen LogP contribution < -0.4 is 14.8 Å². The molecule has 2 rings (SSSR count). The Balaban J connectivity index is 2.20. The largest absolute Gasteiger partial charge is 0.493 e. The second-order valence-corrected chi connectivity index (χ2v) is 6.04. The average Bonchev–Trinajstić information content (AvgIpc) is 3.10. The van der Waals surface area contributed by atoms with Crippen LogP contribution in [-0.4, -0.2) is 56.9 Å². The molecular formula is C18H24N2O5. The first-order valence-electron chi connectivity index (χ1n) is 8.16. The molecule has 2 amide bonds. The minimum absolute atomic E-state index is 0.0501. The number of ether oxygens (including phenoxy) is 2. The lowest BCUT2D eigenvalue weighted by molar-refractivity contribution is -0.130. The van der Waals surface area contributed by atoms with E-state index in [-0.39, 0.29) is 29.9 Å². The number of carbonyl (C=O) groups excluding carboxylic acids is 3. The van der Waals surface area contributed by atoms with E-state index in [0.717, 1.165) is 0 Å². The van der Waals surface area contributed by atoms with Crippen molar-refractivity contribution >= 4 is 17.6 Å². The van der Waals surface area contributed by atoms with Gasteiger partial charge in [0.05, 0.1) is 26.6 Å². The Kier molecular flexibility index (Phi) is 6.01. The highest BCUT2D eigenvalue weighted by Crippen LogP contribution is 2.31. The van der Waals surface area contributed by atoms with Crippen LogP contribution in [0.5, 0.6) is 11.5 Å². The van der Waals surface area contributed by atoms with Crippen LogP contribution in [0.2, 0.25) is 0 Å². The Hall–Kier alpha value is -2.57. The molecule has 1 fully saturated rings. The third-order valence-electron chi connectivity index (χ3n) is 4.49. The third kappa shape index (κ3) is 4.10. The van der Waals surface area contributed by atoms with Gasteiger partial charge in [-0.1, -0.05) is 0 Å². The number of benzene rings is 1. The molecule has 25 heavy (non-hydrogen) atoms. The normalized spacial score (nSPS) is 16.5. The number of likely N-dealkylation sites (tertiary alicyclic amines) is 1. The lowest BCUT2D eigenvalue weighted by Crippen LogP contribution is -2.34. The molecule has 0 unspecified atom stereocenters. The summed E-state index contributed by atoms with van der Waals surface area (Å²) in [6, 6.07) is 3.26. The molecule has 1 saturated heterocycles. The first-order chi connectivity index (χ1) is 11.9. The van der Waals surface area contributed by atoms with E-state index in [1.807, 2.05) is 0 Å². The number of hydrogen-bond donors (Lipinski definition) is 1. The van der Waals surface area contributed by atoms with E-state index in [9.17, 15) is 14.4 Å². The Morgan fingerprint density at radius 3 is 2.40 bits per heavy atom. The average molecular weight is 348 g/mol. The van der Waals surface area contributed by atoms with Gasteiger partial charge in [0, 0.05) is 25.7 Å². The maximum absolute atomic E-state index is 12.6. The van der Waals surface area contributed by atoms with Crippen LogP contribution in [0.4, 0.5) is 0 Å². The smallest absolute Gasteiger partial charge is 0.227 e. The Labute approximate surface area is 147 Å². The SMILES string of the molecule is CNC(=O)[C@H]1CCN(C(=O)Cc2cc(OC)c(OC)cc2C(C)=O)C1. The number of Topliss-reactive ketones (excluding diaryl/α,β-unsaturated/α-hetero) is 1. The molecule has 1 N–H and O–H groups in total. The molecule has 1 aliphatic rings. The van der Waals surface area contributed by atoms with Crippen molar-refractivity contribution in [1.82, 2.24) is 10.2 Å². The summed E-state index contributed by atoms with van der Waals surface area (Å²) in [7, 11) is 4.59. The first-order valence-corrected chi connectivity index (χ1v) is 8.16. The molecule has 7 heteroatoms. The van der Waals surface area contributed by atoms with E-state index in [1.54, 1.807) is 24.1 Å². The number of nitrogens with zero attached hydrogens (tertiary/aromatic N) is 1. The summed E-state index contributed by atoms with van der Waals surface area (Å²) in [6.45, 7) is 2.40. The van der Waals surface area contributed by atoms with E-state index in [2.05, 4.69) is 5.32 Å². The highest BCUT2D eigenvalue weighted by Gasteiger charge is 2.31. The summed E-state index contributed by atoms with van der Waals surface area (Å²) in [5.41, 5.74) is 1.03. The van der Waals surface area contributed by atoms with Gasteiger partial charge < -0.3 is 19.7 Å². The molecule has 1 aromatic rings. The molecule has 0 aromatic heterocycles. The number of amides is 2. The fourth-order valence-corrected chi connectivity index (χ4v) is 3.07. The van der Waals surface area contributed by atoms with E-state index in [4.69, 9.17) is 9.47 Å². The Morgan fingerprint density at radius 2 is 1.84 bits per heavy atom. The highest BCUT2D eigenvalue weighted by molar-refractivity contribution is 5.97. The van der Waals surface area contributed by atoms with Crippen LogP contribution in [0.15, 0.2) is 12.1 Å². The van der Waals surface area contributed by atoms with Crippen LogP contribution in [0.3, 0.4) is 0 Å². The maximum atomic E-state index is 12.6. The molecule has 1 atom stereocenters. The zero-order valence-corrected chi connectivity index (χ0v) is 15.0. The minimum atomic E-state index is -0.174. The van der Waals surface area contributed by atoms with Gasteiger partial charge in [-0.3, -0.25) is 14.4 Å². The topological polar surface area (TPSA) is 84.9 Å². The minimum Gasteiger partial charge on any atom is -0.493 e. The van der Waals surface area contributed by atoms with Gasteiger partial charge in [0.25, 0.3) is 0 Å². The lowest BCUT2D eigenvalue weighted by Gasteiger charge is -2.18. The van der Waals surface area contributed by atoms with Crippen LogP contribution in [0.25, 0.3) is 0 Å². The lowest BCUT2D eigenvalue weighted by atomic mass is 10.00. The predicted molar refractivity (Wildman–Crippen MR) is 92.0 cm³/mol. The summed E-state index contributed by atoms with van der Waals surface area (Å²) < 4.78 is 10.5. The van der Waals surface area contributed by atoms with Crippen molar-refractivity contribution in [2.24, 2.45) is 5.92 Å². The molecule has 7 nitrogen and oxygen atoms in total. The third-order valence-corrected chi connectivity index (χ3v) is 4.49. The van der Waals surface area contributed by atoms with Crippen molar-refractivity contribution in [1.29, 1.82) is 0 Å². The van der Waals surface area contributed by atoms with E-state index >= 15 is 0 Å². The highest BCUT2D eigenvalue weighted by atomic mass is 16.5. The molecule has 0 spiro atoms. The van der Waals surface area contributed by atoms with Crippen molar-refractivity contribution in [2.75, 3.05) is 34.4 Å². The fourth-order valence-electron chi connectivity index (χ4n) is 3.07. The van der Waals surface area contributed by atoms with Crippen LogP contribution >= 0.6 is 0 Å². The second kappa shape index (κ2) is 8.00. The van der Waals surface area contributed by atoms with Gasteiger partial charge >= 0.3 is 0 Å². The van der Waals surface area contributed by atoms with Crippen LogP contribution in [-0.2, 0) is 16.0 Å². The summed E-state index contributed by atoms with van der Waals surface area (Å²) in [5, 5.41) is 2.62. The van der Waals surface area contributed by atoms with Gasteiger partial charge in [-0.25, -0.2) is 0 Å². The summed E-state index contributed by atoms with van der Waals surface area (Å²) in [4.78, 5) is 37.9. The van der Waals surface area contributed by atoms with Gasteiger partial charge in [-0.05, 0) is 31.0 Å². The van der Waals surface area contributed by atoms with E-state index < -0.39 is 0 Å². The summed E-state index contributed by atoms with van der Waals surface area (Å²) >= 11 is 0. The van der Waals surface area contributed by atoms with Gasteiger partial charge in [0.15, 0.2) is 17.3 Å². The van der Waals surface area contributed by atoms with Gasteiger partial charge in [-0.15, -0.1) is 0 Å². The van der Waals surface area contributed by atoms with Gasteiger partial charge in [0.1, 0.15) is 0 Å². The zero-order chi connectivity index (χ0) is 18.6. The number of nitrogens with one attached hydrogen (secondary N) is 1. The number of methoxy groups -OCH3 is 2. The molecule has 0 bridgehead atoms. The van der Waals surface area contributed by atoms with Crippen molar-refractivity contribution < 1.29 is 23.9 Å². The fraction of sp³-hybridized carbons (Fsp3) is 0.500. The first kappa shape index (κ1) is 18.8. The summed E-state index contributed by atoms with van der Waals surface area (Å²) in [6.07, 6.45) is 0.729. The van der Waals surface area contributed by atoms with E-state index in [1.165, 1.54) is 21.1 Å². The number of carbonyl (C=O) groups is 3. The molecule has 0 aliphatic carbocycles. The molecule has 1 heterocycles. The standard InChI is InChI=1S/C18H24N2O5/c1-11(21)14-9-16(25-4)15(24-3)7-13(14)8-17(22)20-6-5-12(10-20)18(23)19-2/h7,9,12H,5-6,8,10H2,1-4H3,(H,19,23)/t12-/m0/s1. The number of hydrogen-bond acceptors (Lipinski definition) is 5. The zero-order valence-electron chi connectivity index (χ0n) is 15.0. The molecule has 0 radical (unpaired) electrons. The molecule has 1 aliphatic heterocycles. The van der Waals surface area contributed by atoms with Crippen LogP contribution in [0, 0.1) is 5.92 Å². The van der Waals surface area contributed by atoms with Crippen molar-refractivity contribution in [2.45, 2.75) is 19.8 Å². The Morgan fingerprint density at radius 1 is 1.20 bits per heavy atom.